The molecular formula is C17H29N3O4. The summed E-state index contributed by atoms with van der Waals surface area (Å²) in [5.41, 5.74) is 0. The quantitative estimate of drug-likeness (QED) is 0.262. The van der Waals surface area contributed by atoms with Crippen molar-refractivity contribution in [3.63, 3.8) is 0 Å². The average molecular weight is 339 g/mol. The number of furan rings is 1. The van der Waals surface area contributed by atoms with Crippen molar-refractivity contribution in [3.05, 3.63) is 24.2 Å². The Morgan fingerprint density at radius 1 is 1.29 bits per heavy atom. The Bertz CT molecular complexity index is 460. The molecule has 0 saturated heterocycles. The van der Waals surface area contributed by atoms with Crippen molar-refractivity contribution in [1.29, 1.82) is 0 Å². The van der Waals surface area contributed by atoms with Crippen LogP contribution in [0.3, 0.4) is 0 Å². The van der Waals surface area contributed by atoms with Crippen LogP contribution in [0.2, 0.25) is 0 Å². The van der Waals surface area contributed by atoms with Gasteiger partial charge in [0.05, 0.1) is 13.4 Å². The van der Waals surface area contributed by atoms with Gasteiger partial charge in [-0.25, -0.2) is 0 Å². The molecule has 1 aromatic heterocycles. The summed E-state index contributed by atoms with van der Waals surface area (Å²) in [5, 5.41) is 6.45. The first kappa shape index (κ1) is 20.0. The molecule has 0 aliphatic carbocycles. The Balaban J connectivity index is 2.09. The number of carbonyl (C=O) groups excluding carboxylic acids is 1. The summed E-state index contributed by atoms with van der Waals surface area (Å²) >= 11 is 0. The highest BCUT2D eigenvalue weighted by Gasteiger charge is 2.01. The van der Waals surface area contributed by atoms with E-state index in [0.717, 1.165) is 44.1 Å². The number of nitrogens with zero attached hydrogens (tertiary/aromatic N) is 1. The average Bonchev–Trinajstić information content (AvgIpc) is 3.10. The van der Waals surface area contributed by atoms with Crippen LogP contribution in [-0.2, 0) is 20.9 Å². The molecule has 1 aromatic rings. The van der Waals surface area contributed by atoms with Gasteiger partial charge in [-0.05, 0) is 38.3 Å². The molecule has 0 spiro atoms. The number of aliphatic imine (C=N–C) groups is 1. The topological polar surface area (TPSA) is 85.1 Å². The van der Waals surface area contributed by atoms with Crippen LogP contribution in [0.4, 0.5) is 0 Å². The lowest BCUT2D eigenvalue weighted by atomic mass is 10.2. The third kappa shape index (κ3) is 9.89. The zero-order valence-corrected chi connectivity index (χ0v) is 14.7. The van der Waals surface area contributed by atoms with Crippen LogP contribution in [0.15, 0.2) is 27.8 Å². The van der Waals surface area contributed by atoms with Crippen molar-refractivity contribution in [2.24, 2.45) is 4.99 Å². The number of hydrogen-bond acceptors (Lipinski definition) is 5. The maximum absolute atomic E-state index is 11.0. The van der Waals surface area contributed by atoms with Crippen LogP contribution in [0.5, 0.6) is 0 Å². The fourth-order valence-electron chi connectivity index (χ4n) is 1.97. The number of ether oxygens (including phenoxy) is 2. The molecule has 0 aliphatic rings. The molecule has 7 nitrogen and oxygen atoms in total. The third-order valence-corrected chi connectivity index (χ3v) is 3.21. The highest BCUT2D eigenvalue weighted by atomic mass is 16.5. The van der Waals surface area contributed by atoms with Crippen LogP contribution in [-0.4, -0.2) is 45.3 Å². The number of guanidine groups is 1. The smallest absolute Gasteiger partial charge is 0.305 e. The highest BCUT2D eigenvalue weighted by molar-refractivity contribution is 5.79. The van der Waals surface area contributed by atoms with Crippen LogP contribution >= 0.6 is 0 Å². The van der Waals surface area contributed by atoms with Crippen molar-refractivity contribution in [3.8, 4) is 0 Å². The van der Waals surface area contributed by atoms with Gasteiger partial charge in [0.2, 0.25) is 0 Å². The molecule has 136 valence electrons. The second-order valence-electron chi connectivity index (χ2n) is 5.21. The third-order valence-electron chi connectivity index (χ3n) is 3.21. The van der Waals surface area contributed by atoms with Gasteiger partial charge in [-0.15, -0.1) is 0 Å². The molecule has 0 fully saturated rings. The molecule has 0 radical (unpaired) electrons. The summed E-state index contributed by atoms with van der Waals surface area (Å²) in [4.78, 5) is 15.5. The Kier molecular flexibility index (Phi) is 11.2. The Hall–Kier alpha value is -2.02. The van der Waals surface area contributed by atoms with Crippen molar-refractivity contribution in [2.75, 3.05) is 33.4 Å². The summed E-state index contributed by atoms with van der Waals surface area (Å²) in [7, 11) is 1.41. The molecule has 0 unspecified atom stereocenters. The zero-order chi connectivity index (χ0) is 17.5. The van der Waals surface area contributed by atoms with E-state index < -0.39 is 0 Å². The molecule has 0 saturated carbocycles. The molecular weight excluding hydrogens is 310 g/mol. The SMILES string of the molecule is CCNC(=NCCCOCc1ccco1)NCCCCC(=O)OC. The molecule has 0 bridgehead atoms. The molecule has 0 aliphatic heterocycles. The predicted molar refractivity (Wildman–Crippen MR) is 92.8 cm³/mol. The Morgan fingerprint density at radius 3 is 2.88 bits per heavy atom. The van der Waals surface area contributed by atoms with Gasteiger partial charge in [-0.3, -0.25) is 9.79 Å². The standard InChI is InChI=1S/C17H29N3O4/c1-3-18-17(19-10-5-4-9-16(21)22-2)20-11-7-12-23-14-15-8-6-13-24-15/h6,8,13H,3-5,7,9-12,14H2,1-2H3,(H2,18,19,20). The van der Waals surface area contributed by atoms with Gasteiger partial charge < -0.3 is 24.5 Å². The largest absolute Gasteiger partial charge is 0.469 e. The van der Waals surface area contributed by atoms with E-state index >= 15 is 0 Å². The lowest BCUT2D eigenvalue weighted by Crippen LogP contribution is -2.37. The summed E-state index contributed by atoms with van der Waals surface area (Å²) < 4.78 is 15.3. The molecule has 24 heavy (non-hydrogen) atoms. The number of unbranched alkanes of at least 4 members (excludes halogenated alkanes) is 1. The molecule has 0 aromatic carbocycles. The minimum Gasteiger partial charge on any atom is -0.469 e. The number of carbonyl (C=O) groups is 1. The summed E-state index contributed by atoms with van der Waals surface area (Å²) in [6.45, 7) is 5.44. The highest BCUT2D eigenvalue weighted by Crippen LogP contribution is 2.01. The van der Waals surface area contributed by atoms with E-state index in [-0.39, 0.29) is 5.97 Å². The normalized spacial score (nSPS) is 11.3. The minimum absolute atomic E-state index is 0.162. The van der Waals surface area contributed by atoms with E-state index in [1.807, 2.05) is 19.1 Å². The second kappa shape index (κ2) is 13.4. The number of rotatable bonds is 12. The molecule has 0 amide bonds. The van der Waals surface area contributed by atoms with Crippen molar-refractivity contribution in [1.82, 2.24) is 10.6 Å². The molecule has 1 rings (SSSR count). The number of hydrogen-bond donors (Lipinski definition) is 2. The first-order chi connectivity index (χ1) is 11.8. The Labute approximate surface area is 143 Å². The molecule has 0 atom stereocenters. The van der Waals surface area contributed by atoms with Gasteiger partial charge in [0.15, 0.2) is 5.96 Å². The molecule has 1 heterocycles. The predicted octanol–water partition coefficient (Wildman–Crippen LogP) is 2.08. The maximum atomic E-state index is 11.0. The van der Waals surface area contributed by atoms with Crippen molar-refractivity contribution >= 4 is 11.9 Å². The van der Waals surface area contributed by atoms with E-state index in [1.165, 1.54) is 7.11 Å². The fraction of sp³-hybridized carbons (Fsp3) is 0.647. The van der Waals surface area contributed by atoms with Crippen LogP contribution in [0, 0.1) is 0 Å². The van der Waals surface area contributed by atoms with Gasteiger partial charge in [0.25, 0.3) is 0 Å². The van der Waals surface area contributed by atoms with E-state index in [0.29, 0.717) is 26.2 Å². The number of esters is 1. The number of methoxy groups -OCH3 is 1. The summed E-state index contributed by atoms with van der Waals surface area (Å²) in [6.07, 6.45) is 4.65. The van der Waals surface area contributed by atoms with Crippen LogP contribution in [0.1, 0.15) is 38.4 Å². The van der Waals surface area contributed by atoms with E-state index in [9.17, 15) is 4.79 Å². The van der Waals surface area contributed by atoms with E-state index in [2.05, 4.69) is 20.4 Å². The summed E-state index contributed by atoms with van der Waals surface area (Å²) in [5.74, 6) is 1.46. The zero-order valence-electron chi connectivity index (χ0n) is 14.7. The van der Waals surface area contributed by atoms with Crippen LogP contribution in [0.25, 0.3) is 0 Å². The van der Waals surface area contributed by atoms with Gasteiger partial charge >= 0.3 is 5.97 Å². The van der Waals surface area contributed by atoms with Gasteiger partial charge in [0, 0.05) is 32.7 Å². The van der Waals surface area contributed by atoms with Gasteiger partial charge in [0.1, 0.15) is 12.4 Å². The molecule has 2 N–H and O–H groups in total. The van der Waals surface area contributed by atoms with Crippen LogP contribution < -0.4 is 10.6 Å². The van der Waals surface area contributed by atoms with Crippen molar-refractivity contribution in [2.45, 2.75) is 39.2 Å². The van der Waals surface area contributed by atoms with E-state index in [4.69, 9.17) is 9.15 Å². The monoisotopic (exact) mass is 339 g/mol. The van der Waals surface area contributed by atoms with E-state index in [1.54, 1.807) is 6.26 Å². The second-order valence-corrected chi connectivity index (χ2v) is 5.21. The Morgan fingerprint density at radius 2 is 2.17 bits per heavy atom. The van der Waals surface area contributed by atoms with Gasteiger partial charge in [-0.2, -0.15) is 0 Å². The minimum atomic E-state index is -0.162. The van der Waals surface area contributed by atoms with Crippen molar-refractivity contribution < 1.29 is 18.7 Å². The fourth-order valence-corrected chi connectivity index (χ4v) is 1.97. The lowest BCUT2D eigenvalue weighted by Gasteiger charge is -2.11. The summed E-state index contributed by atoms with van der Waals surface area (Å²) in [6, 6.07) is 3.74. The lowest BCUT2D eigenvalue weighted by molar-refractivity contribution is -0.140. The first-order valence-corrected chi connectivity index (χ1v) is 8.45. The number of nitrogens with one attached hydrogen (secondary N) is 2. The molecule has 7 heteroatoms. The maximum Gasteiger partial charge on any atom is 0.305 e. The van der Waals surface area contributed by atoms with Gasteiger partial charge in [-0.1, -0.05) is 0 Å². The first-order valence-electron chi connectivity index (χ1n) is 8.45.